The van der Waals surface area contributed by atoms with Crippen molar-refractivity contribution < 1.29 is 24.2 Å². The number of anilines is 1. The van der Waals surface area contributed by atoms with Crippen molar-refractivity contribution in [3.05, 3.63) is 30.5 Å². The second kappa shape index (κ2) is 14.8. The molecule has 1 aromatic heterocycles. The van der Waals surface area contributed by atoms with Crippen LogP contribution in [0.3, 0.4) is 0 Å². The summed E-state index contributed by atoms with van der Waals surface area (Å²) < 4.78 is 5.39. The summed E-state index contributed by atoms with van der Waals surface area (Å²) in [6.07, 6.45) is 4.15. The van der Waals surface area contributed by atoms with Crippen LogP contribution in [0.15, 0.2) is 30.5 Å². The number of pyridine rings is 1. The van der Waals surface area contributed by atoms with Gasteiger partial charge in [0.1, 0.15) is 11.8 Å². The van der Waals surface area contributed by atoms with Gasteiger partial charge < -0.3 is 37.3 Å². The first-order valence-corrected chi connectivity index (χ1v) is 12.2. The van der Waals surface area contributed by atoms with E-state index < -0.39 is 24.0 Å². The fourth-order valence-electron chi connectivity index (χ4n) is 3.74. The second-order valence-electron chi connectivity index (χ2n) is 8.76. The van der Waals surface area contributed by atoms with E-state index in [1.54, 1.807) is 13.3 Å². The van der Waals surface area contributed by atoms with Crippen molar-refractivity contribution in [3.63, 3.8) is 0 Å². The van der Waals surface area contributed by atoms with Crippen LogP contribution in [0, 0.1) is 0 Å². The maximum Gasteiger partial charge on any atom is 0.326 e. The van der Waals surface area contributed by atoms with Gasteiger partial charge in [0, 0.05) is 36.7 Å². The van der Waals surface area contributed by atoms with Gasteiger partial charge >= 0.3 is 5.97 Å². The standard InChI is InChI=1S/C25H38N6O5/c1-16(30-21-15-18(36-2)14-17-7-5-13-29-23(17)21)6-4-12-28-22(32)10-9-20(25(34)35)31-24(33)19(27)8-3-11-26/h5,7,13-16,19-20,30H,3-4,6,8-12,26-27H2,1-2H3,(H,28,32)(H,31,33)(H,34,35)/t16?,19-,20+/m1/s1. The van der Waals surface area contributed by atoms with Crippen LogP contribution in [0.2, 0.25) is 0 Å². The molecule has 1 heterocycles. The third kappa shape index (κ3) is 9.31. The number of hydrogen-bond acceptors (Lipinski definition) is 8. The summed E-state index contributed by atoms with van der Waals surface area (Å²) in [4.78, 5) is 40.2. The van der Waals surface area contributed by atoms with Crippen LogP contribution in [0.5, 0.6) is 5.75 Å². The Labute approximate surface area is 211 Å². The van der Waals surface area contributed by atoms with Crippen LogP contribution < -0.4 is 32.2 Å². The van der Waals surface area contributed by atoms with Gasteiger partial charge in [0.05, 0.1) is 24.4 Å². The molecule has 11 heteroatoms. The Morgan fingerprint density at radius 1 is 1.17 bits per heavy atom. The topological polar surface area (TPSA) is 182 Å². The number of carbonyl (C=O) groups is 3. The fraction of sp³-hybridized carbons (Fsp3) is 0.520. The van der Waals surface area contributed by atoms with Gasteiger partial charge in [0.15, 0.2) is 0 Å². The van der Waals surface area contributed by atoms with Crippen molar-refractivity contribution in [2.75, 3.05) is 25.5 Å². The van der Waals surface area contributed by atoms with Gasteiger partial charge in [0.25, 0.3) is 0 Å². The van der Waals surface area contributed by atoms with Gasteiger partial charge in [-0.2, -0.15) is 0 Å². The highest BCUT2D eigenvalue weighted by molar-refractivity contribution is 5.92. The monoisotopic (exact) mass is 502 g/mol. The summed E-state index contributed by atoms with van der Waals surface area (Å²) in [6, 6.07) is 5.82. The highest BCUT2D eigenvalue weighted by Crippen LogP contribution is 2.28. The lowest BCUT2D eigenvalue weighted by Crippen LogP contribution is -2.48. The number of rotatable bonds is 16. The number of nitrogens with zero attached hydrogens (tertiary/aromatic N) is 1. The summed E-state index contributed by atoms with van der Waals surface area (Å²) in [5, 5.41) is 19.0. The minimum Gasteiger partial charge on any atom is -0.497 e. The lowest BCUT2D eigenvalue weighted by molar-refractivity contribution is -0.142. The van der Waals surface area contributed by atoms with Crippen molar-refractivity contribution in [1.29, 1.82) is 0 Å². The number of aliphatic carboxylic acids is 1. The summed E-state index contributed by atoms with van der Waals surface area (Å²) in [5.41, 5.74) is 12.9. The smallest absolute Gasteiger partial charge is 0.326 e. The SMILES string of the molecule is COc1cc(NC(C)CCCNC(=O)CC[C@H](NC(=O)[C@H](N)CCCN)C(=O)O)c2ncccc2c1. The van der Waals surface area contributed by atoms with E-state index in [9.17, 15) is 19.5 Å². The Bertz CT molecular complexity index is 1020. The van der Waals surface area contributed by atoms with Crippen LogP contribution in [-0.4, -0.2) is 66.2 Å². The zero-order valence-corrected chi connectivity index (χ0v) is 21.0. The van der Waals surface area contributed by atoms with Crippen LogP contribution in [0.4, 0.5) is 5.69 Å². The minimum atomic E-state index is -1.21. The van der Waals surface area contributed by atoms with Gasteiger partial charge in [-0.3, -0.25) is 14.6 Å². The molecule has 2 aromatic rings. The number of carboxylic acid groups (broad SMARTS) is 1. The molecule has 2 rings (SSSR count). The maximum absolute atomic E-state index is 12.2. The Morgan fingerprint density at radius 2 is 1.94 bits per heavy atom. The van der Waals surface area contributed by atoms with Crippen LogP contribution in [-0.2, 0) is 14.4 Å². The van der Waals surface area contributed by atoms with Crippen LogP contribution in [0.1, 0.15) is 45.4 Å². The Balaban J connectivity index is 1.74. The van der Waals surface area contributed by atoms with Gasteiger partial charge in [0.2, 0.25) is 11.8 Å². The number of hydrogen-bond donors (Lipinski definition) is 6. The number of carbonyl (C=O) groups excluding carboxylic acids is 2. The molecule has 8 N–H and O–H groups in total. The van der Waals surface area contributed by atoms with Crippen molar-refractivity contribution in [2.24, 2.45) is 11.5 Å². The van der Waals surface area contributed by atoms with E-state index in [-0.39, 0.29) is 24.8 Å². The van der Waals surface area contributed by atoms with E-state index in [1.165, 1.54) is 0 Å². The number of nitrogens with one attached hydrogen (secondary N) is 3. The molecule has 0 saturated heterocycles. The molecule has 1 aromatic carbocycles. The summed E-state index contributed by atoms with van der Waals surface area (Å²) in [5.74, 6) is -1.30. The number of aromatic nitrogens is 1. The van der Waals surface area contributed by atoms with E-state index in [4.69, 9.17) is 16.2 Å². The van der Waals surface area contributed by atoms with E-state index in [2.05, 4.69) is 27.9 Å². The summed E-state index contributed by atoms with van der Waals surface area (Å²) in [7, 11) is 1.62. The number of benzene rings is 1. The second-order valence-corrected chi connectivity index (χ2v) is 8.76. The number of nitrogens with two attached hydrogens (primary N) is 2. The molecule has 0 saturated carbocycles. The molecule has 0 aliphatic carbocycles. The Kier molecular flexibility index (Phi) is 11.9. The van der Waals surface area contributed by atoms with E-state index in [1.807, 2.05) is 24.3 Å². The molecule has 0 radical (unpaired) electrons. The first-order valence-electron chi connectivity index (χ1n) is 12.2. The molecule has 0 fully saturated rings. The molecule has 1 unspecified atom stereocenters. The average Bonchev–Trinajstić information content (AvgIpc) is 2.87. The highest BCUT2D eigenvalue weighted by atomic mass is 16.5. The molecule has 0 bridgehead atoms. The number of ether oxygens (including phenoxy) is 1. The predicted molar refractivity (Wildman–Crippen MR) is 139 cm³/mol. The third-order valence-corrected chi connectivity index (χ3v) is 5.78. The van der Waals surface area contributed by atoms with E-state index >= 15 is 0 Å². The molecule has 0 spiro atoms. The van der Waals surface area contributed by atoms with Crippen molar-refractivity contribution in [3.8, 4) is 5.75 Å². The first-order chi connectivity index (χ1) is 17.2. The molecule has 0 aliphatic heterocycles. The molecular weight excluding hydrogens is 464 g/mol. The van der Waals surface area contributed by atoms with Crippen molar-refractivity contribution in [1.82, 2.24) is 15.6 Å². The molecular formula is C25H38N6O5. The number of carboxylic acids is 1. The molecule has 0 aliphatic rings. The highest BCUT2D eigenvalue weighted by Gasteiger charge is 2.23. The largest absolute Gasteiger partial charge is 0.497 e. The lowest BCUT2D eigenvalue weighted by atomic mass is 10.1. The number of methoxy groups -OCH3 is 1. The van der Waals surface area contributed by atoms with Crippen molar-refractivity contribution >= 4 is 34.4 Å². The number of amides is 2. The first kappa shape index (κ1) is 28.8. The zero-order valence-electron chi connectivity index (χ0n) is 21.0. The molecule has 3 atom stereocenters. The van der Waals surface area contributed by atoms with Gasteiger partial charge in [-0.25, -0.2) is 4.79 Å². The summed E-state index contributed by atoms with van der Waals surface area (Å²) >= 11 is 0. The van der Waals surface area contributed by atoms with Gasteiger partial charge in [-0.05, 0) is 57.7 Å². The molecule has 11 nitrogen and oxygen atoms in total. The Hall–Kier alpha value is -3.44. The number of fused-ring (bicyclic) bond motifs is 1. The quantitative estimate of drug-likeness (QED) is 0.185. The van der Waals surface area contributed by atoms with Crippen molar-refractivity contribution in [2.45, 2.75) is 63.6 Å². The average molecular weight is 503 g/mol. The normalized spacial score (nSPS) is 13.4. The zero-order chi connectivity index (χ0) is 26.5. The third-order valence-electron chi connectivity index (χ3n) is 5.78. The van der Waals surface area contributed by atoms with E-state index in [0.29, 0.717) is 25.9 Å². The lowest BCUT2D eigenvalue weighted by Gasteiger charge is -2.18. The van der Waals surface area contributed by atoms with Crippen LogP contribution >= 0.6 is 0 Å². The fourth-order valence-corrected chi connectivity index (χ4v) is 3.74. The summed E-state index contributed by atoms with van der Waals surface area (Å²) in [6.45, 7) is 2.90. The van der Waals surface area contributed by atoms with Gasteiger partial charge in [-0.1, -0.05) is 6.07 Å². The minimum absolute atomic E-state index is 0.0233. The van der Waals surface area contributed by atoms with Gasteiger partial charge in [-0.15, -0.1) is 0 Å². The predicted octanol–water partition coefficient (Wildman–Crippen LogP) is 1.36. The Morgan fingerprint density at radius 3 is 2.64 bits per heavy atom. The van der Waals surface area contributed by atoms with Crippen LogP contribution in [0.25, 0.3) is 10.9 Å². The molecule has 36 heavy (non-hydrogen) atoms. The van der Waals surface area contributed by atoms with E-state index in [0.717, 1.165) is 35.2 Å². The molecule has 2 amide bonds. The maximum atomic E-state index is 12.2. The molecule has 198 valence electrons.